The van der Waals surface area contributed by atoms with E-state index in [1.165, 1.54) is 25.7 Å². The molecular weight excluding hydrogens is 266 g/mol. The summed E-state index contributed by atoms with van der Waals surface area (Å²) in [6.07, 6.45) is 7.48. The van der Waals surface area contributed by atoms with Crippen LogP contribution in [0.5, 0.6) is 0 Å². The van der Waals surface area contributed by atoms with E-state index in [1.54, 1.807) is 0 Å². The number of nitrogen functional groups attached to an aromatic ring is 1. The summed E-state index contributed by atoms with van der Waals surface area (Å²) in [5.41, 5.74) is 7.84. The van der Waals surface area contributed by atoms with Crippen LogP contribution in [0.2, 0.25) is 0 Å². The summed E-state index contributed by atoms with van der Waals surface area (Å²) in [7, 11) is 0. The molecule has 0 spiro atoms. The number of carbonyl (C=O) groups excluding carboxylic acids is 1. The number of hydrogen-bond donors (Lipinski definition) is 3. The second-order valence-corrected chi connectivity index (χ2v) is 6.19. The first kappa shape index (κ1) is 14.4. The van der Waals surface area contributed by atoms with Crippen molar-refractivity contribution in [3.05, 3.63) is 11.4 Å². The van der Waals surface area contributed by atoms with Gasteiger partial charge < -0.3 is 16.0 Å². The molecule has 1 saturated heterocycles. The molecule has 0 bridgehead atoms. The standard InChI is InChI=1S/C15H25N5O/c16-12-13(11-5-6-11)18-19-14(12)15(21)17-7-10-20-8-3-1-2-4-9-20/h11H,1-10,16H2,(H,17,21)(H,18,19). The van der Waals surface area contributed by atoms with E-state index >= 15 is 0 Å². The van der Waals surface area contributed by atoms with Gasteiger partial charge in [-0.15, -0.1) is 0 Å². The normalized spacial score (nSPS) is 20.2. The molecule has 21 heavy (non-hydrogen) atoms. The highest BCUT2D eigenvalue weighted by molar-refractivity contribution is 5.97. The van der Waals surface area contributed by atoms with E-state index in [1.807, 2.05) is 0 Å². The van der Waals surface area contributed by atoms with E-state index in [4.69, 9.17) is 5.73 Å². The predicted octanol–water partition coefficient (Wildman–Crippen LogP) is 1.48. The molecule has 2 fully saturated rings. The largest absolute Gasteiger partial charge is 0.395 e. The number of carbonyl (C=O) groups is 1. The van der Waals surface area contributed by atoms with Crippen molar-refractivity contribution in [2.75, 3.05) is 31.9 Å². The zero-order chi connectivity index (χ0) is 14.7. The lowest BCUT2D eigenvalue weighted by molar-refractivity contribution is 0.0944. The Morgan fingerprint density at radius 2 is 2.00 bits per heavy atom. The van der Waals surface area contributed by atoms with Gasteiger partial charge in [-0.1, -0.05) is 12.8 Å². The highest BCUT2D eigenvalue weighted by atomic mass is 16.1. The minimum atomic E-state index is -0.162. The molecule has 1 aromatic rings. The zero-order valence-electron chi connectivity index (χ0n) is 12.5. The number of hydrogen-bond acceptors (Lipinski definition) is 4. The molecule has 0 aromatic carbocycles. The molecule has 1 aromatic heterocycles. The Labute approximate surface area is 125 Å². The number of nitrogens with zero attached hydrogens (tertiary/aromatic N) is 2. The molecular formula is C15H25N5O. The topological polar surface area (TPSA) is 87.0 Å². The van der Waals surface area contributed by atoms with E-state index in [2.05, 4.69) is 20.4 Å². The van der Waals surface area contributed by atoms with Gasteiger partial charge in [0.05, 0.1) is 11.4 Å². The van der Waals surface area contributed by atoms with Crippen molar-refractivity contribution in [1.82, 2.24) is 20.4 Å². The fourth-order valence-corrected chi connectivity index (χ4v) is 2.99. The molecule has 1 aliphatic heterocycles. The molecule has 2 aliphatic rings. The lowest BCUT2D eigenvalue weighted by Crippen LogP contribution is -2.35. The average Bonchev–Trinajstić information content (AvgIpc) is 3.27. The molecule has 3 rings (SSSR count). The molecule has 4 N–H and O–H groups in total. The SMILES string of the molecule is Nc1c(C(=O)NCCN2CCCCCC2)n[nH]c1C1CC1. The van der Waals surface area contributed by atoms with Gasteiger partial charge in [-0.2, -0.15) is 5.10 Å². The van der Waals surface area contributed by atoms with E-state index < -0.39 is 0 Å². The van der Waals surface area contributed by atoms with E-state index in [0.29, 0.717) is 23.8 Å². The number of nitrogens with two attached hydrogens (primary N) is 1. The molecule has 0 radical (unpaired) electrons. The number of aromatic nitrogens is 2. The summed E-state index contributed by atoms with van der Waals surface area (Å²) in [5.74, 6) is 0.321. The predicted molar refractivity (Wildman–Crippen MR) is 82.2 cm³/mol. The van der Waals surface area contributed by atoms with Gasteiger partial charge in [0.1, 0.15) is 0 Å². The molecule has 0 unspecified atom stereocenters. The van der Waals surface area contributed by atoms with Crippen molar-refractivity contribution in [2.45, 2.75) is 44.4 Å². The first-order chi connectivity index (χ1) is 10.3. The van der Waals surface area contributed by atoms with E-state index in [9.17, 15) is 4.79 Å². The minimum Gasteiger partial charge on any atom is -0.395 e. The van der Waals surface area contributed by atoms with Crippen molar-refractivity contribution < 1.29 is 4.79 Å². The number of likely N-dealkylation sites (tertiary alicyclic amines) is 1. The Morgan fingerprint density at radius 3 is 2.67 bits per heavy atom. The zero-order valence-corrected chi connectivity index (χ0v) is 12.5. The van der Waals surface area contributed by atoms with Crippen molar-refractivity contribution in [3.63, 3.8) is 0 Å². The van der Waals surface area contributed by atoms with Crippen LogP contribution in [0.4, 0.5) is 5.69 Å². The average molecular weight is 291 g/mol. The third kappa shape index (κ3) is 3.56. The molecule has 0 atom stereocenters. The first-order valence-electron chi connectivity index (χ1n) is 8.10. The summed E-state index contributed by atoms with van der Waals surface area (Å²) in [4.78, 5) is 14.6. The third-order valence-electron chi connectivity index (χ3n) is 4.45. The number of aromatic amines is 1. The highest BCUT2D eigenvalue weighted by Gasteiger charge is 2.30. The summed E-state index contributed by atoms with van der Waals surface area (Å²) in [6.45, 7) is 3.86. The van der Waals surface area contributed by atoms with Crippen LogP contribution in [0.25, 0.3) is 0 Å². The number of rotatable bonds is 5. The lowest BCUT2D eigenvalue weighted by Gasteiger charge is -2.19. The molecule has 1 saturated carbocycles. The quantitative estimate of drug-likeness (QED) is 0.767. The van der Waals surface area contributed by atoms with Gasteiger partial charge in [0.25, 0.3) is 5.91 Å². The monoisotopic (exact) mass is 291 g/mol. The smallest absolute Gasteiger partial charge is 0.273 e. The third-order valence-corrected chi connectivity index (χ3v) is 4.45. The van der Waals surface area contributed by atoms with Gasteiger partial charge in [0, 0.05) is 19.0 Å². The summed E-state index contributed by atoms with van der Waals surface area (Å²) in [5, 5.41) is 9.94. The Kier molecular flexibility index (Phi) is 4.43. The first-order valence-corrected chi connectivity index (χ1v) is 8.10. The van der Waals surface area contributed by atoms with E-state index in [-0.39, 0.29) is 5.91 Å². The Hall–Kier alpha value is -1.56. The van der Waals surface area contributed by atoms with Crippen molar-refractivity contribution in [3.8, 4) is 0 Å². The summed E-state index contributed by atoms with van der Waals surface area (Å²) in [6, 6.07) is 0. The lowest BCUT2D eigenvalue weighted by atomic mass is 10.2. The molecule has 116 valence electrons. The second kappa shape index (κ2) is 6.47. The Morgan fingerprint density at radius 1 is 1.29 bits per heavy atom. The maximum Gasteiger partial charge on any atom is 0.273 e. The molecule has 6 nitrogen and oxygen atoms in total. The number of amides is 1. The van der Waals surface area contributed by atoms with Crippen LogP contribution in [0.1, 0.15) is 60.6 Å². The molecule has 1 amide bonds. The van der Waals surface area contributed by atoms with E-state index in [0.717, 1.165) is 38.2 Å². The maximum atomic E-state index is 12.1. The number of nitrogens with one attached hydrogen (secondary N) is 2. The fourth-order valence-electron chi connectivity index (χ4n) is 2.99. The molecule has 6 heteroatoms. The van der Waals surface area contributed by atoms with Gasteiger partial charge >= 0.3 is 0 Å². The van der Waals surface area contributed by atoms with Gasteiger partial charge in [0.2, 0.25) is 0 Å². The maximum absolute atomic E-state index is 12.1. The highest BCUT2D eigenvalue weighted by Crippen LogP contribution is 2.42. The molecule has 2 heterocycles. The Balaban J connectivity index is 1.47. The van der Waals surface area contributed by atoms with Crippen LogP contribution in [-0.2, 0) is 0 Å². The van der Waals surface area contributed by atoms with Crippen LogP contribution < -0.4 is 11.1 Å². The Bertz CT molecular complexity index is 486. The van der Waals surface area contributed by atoms with Crippen molar-refractivity contribution in [2.24, 2.45) is 0 Å². The molecule has 1 aliphatic carbocycles. The van der Waals surface area contributed by atoms with Gasteiger partial charge in [-0.3, -0.25) is 9.89 Å². The van der Waals surface area contributed by atoms with Crippen LogP contribution >= 0.6 is 0 Å². The van der Waals surface area contributed by atoms with Gasteiger partial charge in [0.15, 0.2) is 5.69 Å². The summed E-state index contributed by atoms with van der Waals surface area (Å²) >= 11 is 0. The number of H-pyrrole nitrogens is 1. The van der Waals surface area contributed by atoms with Crippen LogP contribution in [0.3, 0.4) is 0 Å². The number of anilines is 1. The van der Waals surface area contributed by atoms with Gasteiger partial charge in [-0.05, 0) is 38.8 Å². The van der Waals surface area contributed by atoms with Crippen LogP contribution in [0.15, 0.2) is 0 Å². The second-order valence-electron chi connectivity index (χ2n) is 6.19. The van der Waals surface area contributed by atoms with Gasteiger partial charge in [-0.25, -0.2) is 0 Å². The fraction of sp³-hybridized carbons (Fsp3) is 0.733. The van der Waals surface area contributed by atoms with Crippen molar-refractivity contribution >= 4 is 11.6 Å². The minimum absolute atomic E-state index is 0.162. The summed E-state index contributed by atoms with van der Waals surface area (Å²) < 4.78 is 0. The van der Waals surface area contributed by atoms with Crippen molar-refractivity contribution in [1.29, 1.82) is 0 Å². The van der Waals surface area contributed by atoms with Crippen LogP contribution in [0, 0.1) is 0 Å². The van der Waals surface area contributed by atoms with Crippen LogP contribution in [-0.4, -0.2) is 47.2 Å².